The number of hydrazone groups is 1. The van der Waals surface area contributed by atoms with Crippen LogP contribution >= 0.6 is 0 Å². The molecule has 1 N–H and O–H groups in total. The number of hydrogen-bond acceptors (Lipinski definition) is 5. The fraction of sp³-hybridized carbons (Fsp3) is 0.0385. The molecule has 5 nitrogen and oxygen atoms in total. The van der Waals surface area contributed by atoms with Crippen LogP contribution in [0.3, 0.4) is 0 Å². The smallest absolute Gasteiger partial charge is 0.240 e. The van der Waals surface area contributed by atoms with Crippen molar-refractivity contribution in [2.45, 2.75) is 6.23 Å². The normalized spacial score (nSPS) is 16.3. The first kappa shape index (κ1) is 17.6. The number of hydrogen-bond donors (Lipinski definition) is 1. The van der Waals surface area contributed by atoms with Crippen LogP contribution in [0.5, 0.6) is 11.5 Å². The molecule has 4 aromatic rings. The van der Waals surface area contributed by atoms with Gasteiger partial charge in [0.05, 0.1) is 11.4 Å². The zero-order chi connectivity index (χ0) is 20.6. The summed E-state index contributed by atoms with van der Waals surface area (Å²) in [6.07, 6.45) is -0.312. The summed E-state index contributed by atoms with van der Waals surface area (Å²) in [6.45, 7) is 0. The molecule has 150 valence electrons. The van der Waals surface area contributed by atoms with Crippen LogP contribution in [0.15, 0.2) is 108 Å². The maximum absolute atomic E-state index is 6.10. The average molecular weight is 405 g/mol. The molecule has 0 saturated heterocycles. The number of anilines is 3. The van der Waals surface area contributed by atoms with Gasteiger partial charge < -0.3 is 14.4 Å². The van der Waals surface area contributed by atoms with E-state index < -0.39 is 0 Å². The number of fused-ring (bicyclic) bond motifs is 2. The van der Waals surface area contributed by atoms with Gasteiger partial charge in [0.2, 0.25) is 12.1 Å². The molecule has 0 bridgehead atoms. The fourth-order valence-corrected chi connectivity index (χ4v) is 3.92. The van der Waals surface area contributed by atoms with Gasteiger partial charge in [-0.2, -0.15) is 0 Å². The Morgan fingerprint density at radius 2 is 1.29 bits per heavy atom. The Hall–Kier alpha value is -4.25. The highest BCUT2D eigenvalue weighted by atomic mass is 16.5. The maximum atomic E-state index is 6.10. The van der Waals surface area contributed by atoms with Crippen molar-refractivity contribution in [3.63, 3.8) is 0 Å². The molecular formula is C26H19N3O2. The van der Waals surface area contributed by atoms with Crippen molar-refractivity contribution in [2.75, 3.05) is 4.90 Å². The third-order valence-corrected chi connectivity index (χ3v) is 5.42. The van der Waals surface area contributed by atoms with Gasteiger partial charge in [-0.15, -0.1) is 5.10 Å². The molecule has 0 fully saturated rings. The second-order valence-corrected chi connectivity index (χ2v) is 7.37. The molecule has 0 radical (unpaired) electrons. The van der Waals surface area contributed by atoms with E-state index in [4.69, 9.17) is 9.47 Å². The first-order valence-electron chi connectivity index (χ1n) is 10.2. The maximum Gasteiger partial charge on any atom is 0.240 e. The minimum atomic E-state index is -0.312. The zero-order valence-corrected chi connectivity index (χ0v) is 16.6. The summed E-state index contributed by atoms with van der Waals surface area (Å²) in [4.78, 5) is 2.22. The topological polar surface area (TPSA) is 46.1 Å². The molecule has 0 spiro atoms. The van der Waals surface area contributed by atoms with Gasteiger partial charge >= 0.3 is 0 Å². The van der Waals surface area contributed by atoms with Crippen LogP contribution in [0.2, 0.25) is 0 Å². The zero-order valence-electron chi connectivity index (χ0n) is 16.6. The summed E-state index contributed by atoms with van der Waals surface area (Å²) in [5.74, 6) is 2.28. The molecule has 6 rings (SSSR count). The van der Waals surface area contributed by atoms with Gasteiger partial charge in [0.25, 0.3) is 0 Å². The molecule has 0 aromatic heterocycles. The number of nitrogens with one attached hydrogen (secondary N) is 1. The molecule has 2 aliphatic heterocycles. The van der Waals surface area contributed by atoms with Crippen LogP contribution < -0.4 is 15.1 Å². The first-order chi connectivity index (χ1) is 15.4. The van der Waals surface area contributed by atoms with Crippen molar-refractivity contribution in [1.29, 1.82) is 0 Å². The van der Waals surface area contributed by atoms with Crippen LogP contribution in [-0.4, -0.2) is 5.90 Å². The van der Waals surface area contributed by atoms with E-state index >= 15 is 0 Å². The Balaban J connectivity index is 1.30. The predicted octanol–water partition coefficient (Wildman–Crippen LogP) is 6.24. The number of benzene rings is 4. The van der Waals surface area contributed by atoms with Gasteiger partial charge in [-0.25, -0.2) is 0 Å². The van der Waals surface area contributed by atoms with Crippen LogP contribution in [0.1, 0.15) is 17.4 Å². The lowest BCUT2D eigenvalue weighted by atomic mass is 10.1. The second-order valence-electron chi connectivity index (χ2n) is 7.37. The molecule has 1 unspecified atom stereocenters. The largest absolute Gasteiger partial charge is 0.453 e. The van der Waals surface area contributed by atoms with Crippen molar-refractivity contribution in [2.24, 2.45) is 5.10 Å². The summed E-state index contributed by atoms with van der Waals surface area (Å²) >= 11 is 0. The first-order valence-corrected chi connectivity index (χ1v) is 10.2. The standard InChI is InChI=1S/C26H19N3O2/c1-2-8-18(9-3-1)25-27-28-26(31-25)19-14-16-20(17-15-19)29-21-10-4-6-12-23(21)30-24-13-7-5-11-22(24)29/h1-17,26,28H. The Kier molecular flexibility index (Phi) is 4.10. The lowest BCUT2D eigenvalue weighted by Gasteiger charge is -2.32. The summed E-state index contributed by atoms with van der Waals surface area (Å²) < 4.78 is 12.1. The lowest BCUT2D eigenvalue weighted by molar-refractivity contribution is 0.192. The fourth-order valence-electron chi connectivity index (χ4n) is 3.92. The molecule has 5 heteroatoms. The average Bonchev–Trinajstić information content (AvgIpc) is 3.34. The van der Waals surface area contributed by atoms with E-state index in [1.165, 1.54) is 0 Å². The molecule has 31 heavy (non-hydrogen) atoms. The Labute approximate surface area is 180 Å². The summed E-state index contributed by atoms with van der Waals surface area (Å²) in [7, 11) is 0. The molecule has 2 aliphatic rings. The van der Waals surface area contributed by atoms with Crippen LogP contribution in [-0.2, 0) is 4.74 Å². The monoisotopic (exact) mass is 405 g/mol. The Morgan fingerprint density at radius 3 is 1.97 bits per heavy atom. The van der Waals surface area contributed by atoms with Gasteiger partial charge in [-0.1, -0.05) is 54.6 Å². The van der Waals surface area contributed by atoms with Gasteiger partial charge in [0.15, 0.2) is 11.5 Å². The SMILES string of the molecule is c1ccc(C2=NNC(c3ccc(N4c5ccccc5Oc5ccccc54)cc3)O2)cc1. The minimum absolute atomic E-state index is 0.312. The van der Waals surface area contributed by atoms with E-state index in [0.29, 0.717) is 5.90 Å². The van der Waals surface area contributed by atoms with Gasteiger partial charge in [-0.05, 0) is 48.5 Å². The predicted molar refractivity (Wildman–Crippen MR) is 121 cm³/mol. The summed E-state index contributed by atoms with van der Waals surface area (Å²) in [6, 6.07) is 34.4. The van der Waals surface area contributed by atoms with Crippen molar-refractivity contribution in [3.8, 4) is 11.5 Å². The second kappa shape index (κ2) is 7.22. The highest BCUT2D eigenvalue weighted by Crippen LogP contribution is 2.50. The quantitative estimate of drug-likeness (QED) is 0.386. The molecule has 0 aliphatic carbocycles. The molecule has 0 amide bonds. The minimum Gasteiger partial charge on any atom is -0.453 e. The van der Waals surface area contributed by atoms with Crippen LogP contribution in [0.4, 0.5) is 17.1 Å². The molecule has 1 atom stereocenters. The highest BCUT2D eigenvalue weighted by molar-refractivity contribution is 5.94. The molecular weight excluding hydrogens is 386 g/mol. The number of rotatable bonds is 3. The third kappa shape index (κ3) is 3.07. The third-order valence-electron chi connectivity index (χ3n) is 5.42. The van der Waals surface area contributed by atoms with Crippen molar-refractivity contribution in [3.05, 3.63) is 114 Å². The molecule has 0 saturated carbocycles. The molecule has 4 aromatic carbocycles. The number of para-hydroxylation sites is 4. The van der Waals surface area contributed by atoms with Gasteiger partial charge in [0, 0.05) is 16.8 Å². The van der Waals surface area contributed by atoms with Crippen molar-refractivity contribution < 1.29 is 9.47 Å². The van der Waals surface area contributed by atoms with E-state index in [0.717, 1.165) is 39.7 Å². The lowest BCUT2D eigenvalue weighted by Crippen LogP contribution is -2.16. The Morgan fingerprint density at radius 1 is 0.677 bits per heavy atom. The van der Waals surface area contributed by atoms with Crippen LogP contribution in [0.25, 0.3) is 0 Å². The van der Waals surface area contributed by atoms with Gasteiger partial charge in [0.1, 0.15) is 0 Å². The van der Waals surface area contributed by atoms with E-state index in [-0.39, 0.29) is 6.23 Å². The summed E-state index contributed by atoms with van der Waals surface area (Å²) in [5.41, 5.74) is 8.12. The number of ether oxygens (including phenoxy) is 2. The number of nitrogens with zero attached hydrogens (tertiary/aromatic N) is 2. The molecule has 2 heterocycles. The van der Waals surface area contributed by atoms with Crippen LogP contribution in [0, 0.1) is 0 Å². The summed E-state index contributed by atoms with van der Waals surface area (Å²) in [5, 5.41) is 4.35. The Bertz CT molecular complexity index is 1220. The van der Waals surface area contributed by atoms with E-state index in [9.17, 15) is 0 Å². The van der Waals surface area contributed by atoms with Crippen molar-refractivity contribution in [1.82, 2.24) is 5.43 Å². The van der Waals surface area contributed by atoms with E-state index in [2.05, 4.69) is 51.8 Å². The highest BCUT2D eigenvalue weighted by Gasteiger charge is 2.26. The van der Waals surface area contributed by atoms with Crippen molar-refractivity contribution >= 4 is 23.0 Å². The van der Waals surface area contributed by atoms with E-state index in [1.54, 1.807) is 0 Å². The van der Waals surface area contributed by atoms with Gasteiger partial charge in [-0.3, -0.25) is 5.43 Å². The van der Waals surface area contributed by atoms with E-state index in [1.807, 2.05) is 66.7 Å².